The zero-order chi connectivity index (χ0) is 13.4. The van der Waals surface area contributed by atoms with E-state index in [-0.39, 0.29) is 0 Å². The van der Waals surface area contributed by atoms with Gasteiger partial charge in [0.1, 0.15) is 11.8 Å². The summed E-state index contributed by atoms with van der Waals surface area (Å²) >= 11 is 0. The fourth-order valence-electron chi connectivity index (χ4n) is 2.23. The Hall–Kier alpha value is -2.28. The van der Waals surface area contributed by atoms with Gasteiger partial charge in [0.25, 0.3) is 0 Å². The number of fused-ring (bicyclic) bond motifs is 1. The molecule has 3 heterocycles. The van der Waals surface area contributed by atoms with Crippen molar-refractivity contribution in [1.29, 1.82) is 0 Å². The van der Waals surface area contributed by atoms with Gasteiger partial charge in [-0.2, -0.15) is 5.10 Å². The summed E-state index contributed by atoms with van der Waals surface area (Å²) in [5.74, 6) is 0.727. The van der Waals surface area contributed by atoms with Gasteiger partial charge in [0.15, 0.2) is 11.5 Å². The number of rotatable bonds is 3. The Morgan fingerprint density at radius 1 is 1.26 bits per heavy atom. The molecule has 7 heteroatoms. The Morgan fingerprint density at radius 3 is 2.89 bits per heavy atom. The lowest BCUT2D eigenvalue weighted by Gasteiger charge is -2.04. The summed E-state index contributed by atoms with van der Waals surface area (Å²) in [5, 5.41) is 7.72. The van der Waals surface area contributed by atoms with Crippen molar-refractivity contribution in [3.8, 4) is 5.82 Å². The number of hydrogen-bond donors (Lipinski definition) is 2. The van der Waals surface area contributed by atoms with E-state index in [1.165, 1.54) is 11.9 Å². The molecule has 0 aliphatic carbocycles. The van der Waals surface area contributed by atoms with Gasteiger partial charge in [-0.3, -0.25) is 0 Å². The Balaban J connectivity index is 2.22. The van der Waals surface area contributed by atoms with Crippen LogP contribution < -0.4 is 5.32 Å². The first-order valence-electron chi connectivity index (χ1n) is 6.06. The van der Waals surface area contributed by atoms with Crippen molar-refractivity contribution in [2.75, 3.05) is 7.05 Å². The van der Waals surface area contributed by atoms with Gasteiger partial charge in [0.05, 0.1) is 12.0 Å². The fourth-order valence-corrected chi connectivity index (χ4v) is 2.23. The van der Waals surface area contributed by atoms with Crippen molar-refractivity contribution in [2.45, 2.75) is 20.4 Å². The van der Waals surface area contributed by atoms with Crippen molar-refractivity contribution < 1.29 is 0 Å². The maximum Gasteiger partial charge on any atom is 0.182 e. The highest BCUT2D eigenvalue weighted by Gasteiger charge is 2.15. The zero-order valence-corrected chi connectivity index (χ0v) is 11.1. The number of imidazole rings is 1. The molecule has 0 radical (unpaired) electrons. The highest BCUT2D eigenvalue weighted by atomic mass is 15.3. The van der Waals surface area contributed by atoms with Gasteiger partial charge in [0, 0.05) is 17.8 Å². The fraction of sp³-hybridized carbons (Fsp3) is 0.333. The predicted molar refractivity (Wildman–Crippen MR) is 71.0 cm³/mol. The molecular formula is C12H15N7. The van der Waals surface area contributed by atoms with E-state index < -0.39 is 0 Å². The SMILES string of the molecule is CNCc1c(C)nn(-c2ncnc3nc[nH]c23)c1C. The second-order valence-electron chi connectivity index (χ2n) is 4.39. The van der Waals surface area contributed by atoms with Crippen LogP contribution in [0, 0.1) is 13.8 Å². The van der Waals surface area contributed by atoms with Crippen molar-refractivity contribution in [1.82, 2.24) is 35.0 Å². The third-order valence-electron chi connectivity index (χ3n) is 3.20. The lowest BCUT2D eigenvalue weighted by molar-refractivity contribution is 0.793. The molecule has 0 aliphatic heterocycles. The molecule has 3 aromatic heterocycles. The maximum atomic E-state index is 4.57. The highest BCUT2D eigenvalue weighted by Crippen LogP contribution is 2.20. The van der Waals surface area contributed by atoms with Crippen LogP contribution in [-0.4, -0.2) is 36.8 Å². The van der Waals surface area contributed by atoms with Crippen molar-refractivity contribution in [3.05, 3.63) is 29.6 Å². The van der Waals surface area contributed by atoms with Crippen molar-refractivity contribution in [3.63, 3.8) is 0 Å². The van der Waals surface area contributed by atoms with E-state index in [4.69, 9.17) is 0 Å². The normalized spacial score (nSPS) is 11.3. The molecule has 0 fully saturated rings. The molecule has 2 N–H and O–H groups in total. The molecule has 0 bridgehead atoms. The van der Waals surface area contributed by atoms with Gasteiger partial charge in [-0.25, -0.2) is 19.6 Å². The molecule has 0 saturated carbocycles. The summed E-state index contributed by atoms with van der Waals surface area (Å²) in [4.78, 5) is 15.6. The van der Waals surface area contributed by atoms with Crippen LogP contribution >= 0.6 is 0 Å². The van der Waals surface area contributed by atoms with E-state index >= 15 is 0 Å². The van der Waals surface area contributed by atoms with Crippen LogP contribution in [0.2, 0.25) is 0 Å². The number of aryl methyl sites for hydroxylation is 1. The lowest BCUT2D eigenvalue weighted by atomic mass is 10.2. The molecule has 0 spiro atoms. The van der Waals surface area contributed by atoms with E-state index in [0.29, 0.717) is 5.65 Å². The van der Waals surface area contributed by atoms with Crippen molar-refractivity contribution in [2.24, 2.45) is 0 Å². The topological polar surface area (TPSA) is 84.3 Å². The minimum absolute atomic E-state index is 0.646. The third-order valence-corrected chi connectivity index (χ3v) is 3.20. The monoisotopic (exact) mass is 257 g/mol. The number of aromatic amines is 1. The standard InChI is InChI=1S/C12H15N7/c1-7-9(4-13-3)8(2)19(18-7)12-10-11(15-5-14-10)16-6-17-12/h5-6,13H,4H2,1-3H3,(H,14,15,16,17). The molecule has 0 unspecified atom stereocenters. The smallest absolute Gasteiger partial charge is 0.182 e. The Labute approximate surface area is 110 Å². The maximum absolute atomic E-state index is 4.57. The summed E-state index contributed by atoms with van der Waals surface area (Å²) < 4.78 is 1.84. The van der Waals surface area contributed by atoms with Crippen LogP contribution in [0.1, 0.15) is 17.0 Å². The molecule has 0 amide bonds. The van der Waals surface area contributed by atoms with Crippen molar-refractivity contribution >= 4 is 11.2 Å². The minimum Gasteiger partial charge on any atom is -0.340 e. The zero-order valence-electron chi connectivity index (χ0n) is 11.1. The first kappa shape index (κ1) is 11.8. The Kier molecular flexibility index (Phi) is 2.75. The first-order chi connectivity index (χ1) is 9.22. The third kappa shape index (κ3) is 1.78. The summed E-state index contributed by atoms with van der Waals surface area (Å²) in [6.45, 7) is 4.83. The quantitative estimate of drug-likeness (QED) is 0.727. The number of H-pyrrole nitrogens is 1. The second-order valence-corrected chi connectivity index (χ2v) is 4.39. The first-order valence-corrected chi connectivity index (χ1v) is 6.06. The summed E-state index contributed by atoms with van der Waals surface area (Å²) in [6.07, 6.45) is 3.12. The second kappa shape index (κ2) is 4.43. The number of hydrogen-bond acceptors (Lipinski definition) is 5. The molecule has 0 aromatic carbocycles. The number of nitrogens with one attached hydrogen (secondary N) is 2. The van der Waals surface area contributed by atoms with Crippen LogP contribution in [0.4, 0.5) is 0 Å². The van der Waals surface area contributed by atoms with Gasteiger partial charge < -0.3 is 10.3 Å². The number of nitrogens with zero attached hydrogens (tertiary/aromatic N) is 5. The van der Waals surface area contributed by atoms with Gasteiger partial charge in [-0.15, -0.1) is 0 Å². The largest absolute Gasteiger partial charge is 0.340 e. The van der Waals surface area contributed by atoms with Gasteiger partial charge in [-0.1, -0.05) is 0 Å². The predicted octanol–water partition coefficient (Wildman–Crippen LogP) is 0.875. The number of aromatic nitrogens is 6. The molecule has 98 valence electrons. The molecular weight excluding hydrogens is 242 g/mol. The van der Waals surface area contributed by atoms with Gasteiger partial charge in [0.2, 0.25) is 0 Å². The molecule has 3 aromatic rings. The van der Waals surface area contributed by atoms with Crippen LogP contribution in [0.15, 0.2) is 12.7 Å². The molecule has 19 heavy (non-hydrogen) atoms. The van der Waals surface area contributed by atoms with Gasteiger partial charge in [-0.05, 0) is 20.9 Å². The van der Waals surface area contributed by atoms with E-state index in [1.54, 1.807) is 6.33 Å². The van der Waals surface area contributed by atoms with E-state index in [2.05, 4.69) is 30.4 Å². The summed E-state index contributed by atoms with van der Waals surface area (Å²) in [6, 6.07) is 0. The average Bonchev–Trinajstić information content (AvgIpc) is 2.98. The summed E-state index contributed by atoms with van der Waals surface area (Å²) in [5.41, 5.74) is 4.70. The minimum atomic E-state index is 0.646. The average molecular weight is 257 g/mol. The molecule has 7 nitrogen and oxygen atoms in total. The Morgan fingerprint density at radius 2 is 2.11 bits per heavy atom. The van der Waals surface area contributed by atoms with Crippen LogP contribution in [0.3, 0.4) is 0 Å². The molecule has 0 saturated heterocycles. The molecule has 0 atom stereocenters. The van der Waals surface area contributed by atoms with E-state index in [0.717, 1.165) is 29.3 Å². The highest BCUT2D eigenvalue weighted by molar-refractivity contribution is 5.77. The lowest BCUT2D eigenvalue weighted by Crippen LogP contribution is -2.08. The van der Waals surface area contributed by atoms with E-state index in [9.17, 15) is 0 Å². The molecule has 0 aliphatic rings. The van der Waals surface area contributed by atoms with Crippen LogP contribution in [0.25, 0.3) is 17.0 Å². The summed E-state index contributed by atoms with van der Waals surface area (Å²) in [7, 11) is 1.92. The van der Waals surface area contributed by atoms with Gasteiger partial charge >= 0.3 is 0 Å². The molecule has 3 rings (SSSR count). The van der Waals surface area contributed by atoms with E-state index in [1.807, 2.05) is 25.6 Å². The van der Waals surface area contributed by atoms with Crippen LogP contribution in [0.5, 0.6) is 0 Å². The van der Waals surface area contributed by atoms with Crippen LogP contribution in [-0.2, 0) is 6.54 Å². The Bertz CT molecular complexity index is 725.